The van der Waals surface area contributed by atoms with E-state index in [-0.39, 0.29) is 6.61 Å². The largest absolute Gasteiger partial charge is 0.496 e. The summed E-state index contributed by atoms with van der Waals surface area (Å²) in [6, 6.07) is 6.75. The van der Waals surface area contributed by atoms with Gasteiger partial charge in [0.25, 0.3) is 0 Å². The quantitative estimate of drug-likeness (QED) is 0.404. The molecule has 0 fully saturated rings. The third kappa shape index (κ3) is 4.73. The first-order valence-corrected chi connectivity index (χ1v) is 5.69. The summed E-state index contributed by atoms with van der Waals surface area (Å²) in [6.45, 7) is 4.19. The minimum absolute atomic E-state index is 0.271. The van der Waals surface area contributed by atoms with E-state index >= 15 is 0 Å². The molecule has 0 spiro atoms. The van der Waals surface area contributed by atoms with Crippen molar-refractivity contribution >= 4 is 5.97 Å². The van der Waals surface area contributed by atoms with Crippen LogP contribution in [0.15, 0.2) is 24.3 Å². The lowest BCUT2D eigenvalue weighted by Gasteiger charge is -2.07. The molecule has 5 nitrogen and oxygen atoms in total. The standard InChI is InChI=1S/C13H17O5/c1-3-8-16-9-10-17-18-13(14)11-6-4-5-7-12(11)15-2/h4-7,10H,3,8-9H2,1-2H3. The molecule has 0 aliphatic heterocycles. The van der Waals surface area contributed by atoms with Gasteiger partial charge < -0.3 is 9.47 Å². The summed E-state index contributed by atoms with van der Waals surface area (Å²) in [5.74, 6) is -0.174. The van der Waals surface area contributed by atoms with Gasteiger partial charge in [-0.05, 0) is 18.6 Å². The number of carbonyl (C=O) groups excluding carboxylic acids is 1. The van der Waals surface area contributed by atoms with Crippen molar-refractivity contribution in [3.05, 3.63) is 36.4 Å². The summed E-state index contributed by atoms with van der Waals surface area (Å²) >= 11 is 0. The maximum absolute atomic E-state index is 11.6. The third-order valence-corrected chi connectivity index (χ3v) is 2.05. The van der Waals surface area contributed by atoms with Gasteiger partial charge in [-0.3, -0.25) is 4.89 Å². The van der Waals surface area contributed by atoms with Crippen LogP contribution in [-0.4, -0.2) is 26.3 Å². The Hall–Kier alpha value is -1.59. The first-order valence-electron chi connectivity index (χ1n) is 5.69. The zero-order valence-corrected chi connectivity index (χ0v) is 10.5. The average Bonchev–Trinajstić information content (AvgIpc) is 2.42. The van der Waals surface area contributed by atoms with Gasteiger partial charge in [0.1, 0.15) is 11.3 Å². The molecule has 1 aromatic rings. The molecule has 0 N–H and O–H groups in total. The number of hydrogen-bond donors (Lipinski definition) is 0. The van der Waals surface area contributed by atoms with E-state index in [2.05, 4.69) is 9.78 Å². The Morgan fingerprint density at radius 1 is 1.33 bits per heavy atom. The molecule has 1 rings (SSSR count). The number of para-hydroxylation sites is 1. The first-order chi connectivity index (χ1) is 8.79. The van der Waals surface area contributed by atoms with Crippen LogP contribution in [0.3, 0.4) is 0 Å². The predicted molar refractivity (Wildman–Crippen MR) is 64.9 cm³/mol. The minimum atomic E-state index is -0.612. The van der Waals surface area contributed by atoms with E-state index in [1.807, 2.05) is 6.92 Å². The van der Waals surface area contributed by atoms with Gasteiger partial charge in [-0.15, -0.1) is 0 Å². The topological polar surface area (TPSA) is 54.0 Å². The third-order valence-electron chi connectivity index (χ3n) is 2.05. The lowest BCUT2D eigenvalue weighted by atomic mass is 10.2. The number of hydrogen-bond acceptors (Lipinski definition) is 5. The lowest BCUT2D eigenvalue weighted by Crippen LogP contribution is -2.08. The number of benzene rings is 1. The van der Waals surface area contributed by atoms with E-state index in [1.54, 1.807) is 24.3 Å². The Balaban J connectivity index is 2.32. The zero-order valence-electron chi connectivity index (χ0n) is 10.5. The molecule has 0 aliphatic carbocycles. The van der Waals surface area contributed by atoms with E-state index in [9.17, 15) is 4.79 Å². The van der Waals surface area contributed by atoms with Crippen molar-refractivity contribution in [2.45, 2.75) is 13.3 Å². The molecule has 0 aliphatic rings. The molecular weight excluding hydrogens is 236 g/mol. The molecule has 18 heavy (non-hydrogen) atoms. The number of carbonyl (C=O) groups is 1. The highest BCUT2D eigenvalue weighted by atomic mass is 17.2. The maximum Gasteiger partial charge on any atom is 0.376 e. The van der Waals surface area contributed by atoms with Gasteiger partial charge in [-0.2, -0.15) is 4.89 Å². The average molecular weight is 253 g/mol. The zero-order chi connectivity index (χ0) is 13.2. The van der Waals surface area contributed by atoms with Crippen molar-refractivity contribution in [3.8, 4) is 5.75 Å². The molecule has 0 bridgehead atoms. The number of rotatable bonds is 8. The Bertz CT molecular complexity index is 364. The van der Waals surface area contributed by atoms with Gasteiger partial charge in [0.2, 0.25) is 0 Å². The summed E-state index contributed by atoms with van der Waals surface area (Å²) < 4.78 is 10.2. The van der Waals surface area contributed by atoms with E-state index in [0.717, 1.165) is 6.42 Å². The van der Waals surface area contributed by atoms with E-state index in [0.29, 0.717) is 17.9 Å². The normalized spacial score (nSPS) is 10.1. The molecule has 1 aromatic carbocycles. The molecule has 0 aromatic heterocycles. The van der Waals surface area contributed by atoms with Crippen molar-refractivity contribution in [2.24, 2.45) is 0 Å². The lowest BCUT2D eigenvalue weighted by molar-refractivity contribution is -0.218. The molecule has 0 amide bonds. The summed E-state index contributed by atoms with van der Waals surface area (Å²) in [5, 5.41) is 0. The Morgan fingerprint density at radius 3 is 2.83 bits per heavy atom. The predicted octanol–water partition coefficient (Wildman–Crippen LogP) is 2.37. The fourth-order valence-electron chi connectivity index (χ4n) is 1.24. The second kappa shape index (κ2) is 8.49. The molecule has 0 unspecified atom stereocenters. The first kappa shape index (κ1) is 14.5. The summed E-state index contributed by atoms with van der Waals surface area (Å²) in [5.41, 5.74) is 0.308. The maximum atomic E-state index is 11.6. The summed E-state index contributed by atoms with van der Waals surface area (Å²) in [7, 11) is 1.48. The molecule has 99 valence electrons. The fourth-order valence-corrected chi connectivity index (χ4v) is 1.24. The van der Waals surface area contributed by atoms with Crippen molar-refractivity contribution in [1.29, 1.82) is 0 Å². The molecule has 0 heterocycles. The van der Waals surface area contributed by atoms with E-state index in [4.69, 9.17) is 9.47 Å². The monoisotopic (exact) mass is 253 g/mol. The van der Waals surface area contributed by atoms with Crippen molar-refractivity contribution in [2.75, 3.05) is 20.3 Å². The van der Waals surface area contributed by atoms with Gasteiger partial charge in [-0.25, -0.2) is 4.79 Å². The van der Waals surface area contributed by atoms with Gasteiger partial charge in [0.15, 0.2) is 6.61 Å². The van der Waals surface area contributed by atoms with Crippen molar-refractivity contribution < 1.29 is 24.0 Å². The highest BCUT2D eigenvalue weighted by molar-refractivity contribution is 5.92. The number of ether oxygens (including phenoxy) is 2. The van der Waals surface area contributed by atoms with E-state index < -0.39 is 5.97 Å². The van der Waals surface area contributed by atoms with Gasteiger partial charge in [0.05, 0.1) is 13.7 Å². The van der Waals surface area contributed by atoms with Crippen LogP contribution < -0.4 is 4.74 Å². The van der Waals surface area contributed by atoms with Crippen LogP contribution in [0.1, 0.15) is 23.7 Å². The Labute approximate surface area is 107 Å². The highest BCUT2D eigenvalue weighted by Crippen LogP contribution is 2.18. The van der Waals surface area contributed by atoms with Crippen LogP contribution >= 0.6 is 0 Å². The molecule has 0 atom stereocenters. The molecule has 5 heteroatoms. The molecule has 0 saturated heterocycles. The molecular formula is C13H17O5. The smallest absolute Gasteiger partial charge is 0.376 e. The molecule has 0 saturated carbocycles. The second-order valence-corrected chi connectivity index (χ2v) is 3.41. The van der Waals surface area contributed by atoms with Crippen LogP contribution in [-0.2, 0) is 14.5 Å². The van der Waals surface area contributed by atoms with Crippen LogP contribution in [0.5, 0.6) is 5.75 Å². The number of methoxy groups -OCH3 is 1. The fraction of sp³-hybridized carbons (Fsp3) is 0.385. The minimum Gasteiger partial charge on any atom is -0.496 e. The van der Waals surface area contributed by atoms with Crippen LogP contribution in [0.4, 0.5) is 0 Å². The van der Waals surface area contributed by atoms with Crippen molar-refractivity contribution in [3.63, 3.8) is 0 Å². The summed E-state index contributed by atoms with van der Waals surface area (Å²) in [4.78, 5) is 20.9. The summed E-state index contributed by atoms with van der Waals surface area (Å²) in [6.07, 6.45) is 0.925. The second-order valence-electron chi connectivity index (χ2n) is 3.41. The van der Waals surface area contributed by atoms with Gasteiger partial charge in [-0.1, -0.05) is 19.1 Å². The van der Waals surface area contributed by atoms with Gasteiger partial charge in [0, 0.05) is 6.61 Å². The van der Waals surface area contributed by atoms with Crippen LogP contribution in [0, 0.1) is 6.61 Å². The van der Waals surface area contributed by atoms with Gasteiger partial charge >= 0.3 is 5.97 Å². The van der Waals surface area contributed by atoms with Crippen molar-refractivity contribution in [1.82, 2.24) is 0 Å². The van der Waals surface area contributed by atoms with E-state index in [1.165, 1.54) is 13.7 Å². The van der Waals surface area contributed by atoms with Crippen LogP contribution in [0.2, 0.25) is 0 Å². The highest BCUT2D eigenvalue weighted by Gasteiger charge is 2.13. The molecule has 1 radical (unpaired) electrons. The Kier molecular flexibility index (Phi) is 6.83. The Morgan fingerprint density at radius 2 is 2.11 bits per heavy atom. The van der Waals surface area contributed by atoms with Crippen LogP contribution in [0.25, 0.3) is 0 Å². The SMILES string of the molecule is CCCOC[CH]OOC(=O)c1ccccc1OC.